The number of carbonyl (C=O) groups is 2. The van der Waals surface area contributed by atoms with E-state index >= 15 is 0 Å². The number of morpholine rings is 1. The van der Waals surface area contributed by atoms with Gasteiger partial charge in [0.1, 0.15) is 0 Å². The normalized spacial score (nSPS) is 14.1. The van der Waals surface area contributed by atoms with Gasteiger partial charge in [0.05, 0.1) is 36.6 Å². The summed E-state index contributed by atoms with van der Waals surface area (Å²) < 4.78 is 10.0. The fraction of sp³-hybridized carbons (Fsp3) is 0.368. The summed E-state index contributed by atoms with van der Waals surface area (Å²) in [4.78, 5) is 26.6. The van der Waals surface area contributed by atoms with Crippen molar-refractivity contribution in [3.8, 4) is 11.1 Å². The summed E-state index contributed by atoms with van der Waals surface area (Å²) >= 11 is 1.48. The van der Waals surface area contributed by atoms with Crippen LogP contribution in [-0.2, 0) is 14.3 Å². The molecule has 3 rings (SSSR count). The lowest BCUT2D eigenvalue weighted by atomic mass is 10.1. The van der Waals surface area contributed by atoms with E-state index in [0.717, 1.165) is 29.2 Å². The van der Waals surface area contributed by atoms with Gasteiger partial charge in [0.2, 0.25) is 0 Å². The molecule has 1 amide bonds. The highest BCUT2D eigenvalue weighted by Crippen LogP contribution is 2.39. The molecule has 138 valence electrons. The Balaban J connectivity index is 1.81. The molecule has 1 fully saturated rings. The minimum absolute atomic E-state index is 0.162. The first kappa shape index (κ1) is 18.4. The number of hydrogen-bond donors (Lipinski definition) is 1. The number of ether oxygens (including phenoxy) is 2. The summed E-state index contributed by atoms with van der Waals surface area (Å²) in [5, 5.41) is 3.87. The van der Waals surface area contributed by atoms with Crippen LogP contribution >= 0.6 is 11.3 Å². The number of nitrogens with zero attached hydrogens (tertiary/aromatic N) is 1. The molecule has 1 aromatic carbocycles. The van der Waals surface area contributed by atoms with Gasteiger partial charge in [0.15, 0.2) is 0 Å². The van der Waals surface area contributed by atoms with E-state index < -0.39 is 0 Å². The maximum absolute atomic E-state index is 12.5. The van der Waals surface area contributed by atoms with Gasteiger partial charge in [-0.25, -0.2) is 0 Å². The smallest absolute Gasteiger partial charge is 0.307 e. The second-order valence-corrected chi connectivity index (χ2v) is 6.91. The molecule has 0 atom stereocenters. The standard InChI is InChI=1S/C19H22N2O4S/c1-24-17(22)7-8-20-18(23)16-13-15(14-5-3-2-4-6-14)19(26-16)21-9-11-25-12-10-21/h2-6,13H,7-12H2,1H3,(H,20,23). The van der Waals surface area contributed by atoms with Crippen molar-refractivity contribution in [2.45, 2.75) is 6.42 Å². The van der Waals surface area contributed by atoms with Crippen LogP contribution < -0.4 is 10.2 Å². The Labute approximate surface area is 156 Å². The highest BCUT2D eigenvalue weighted by molar-refractivity contribution is 7.18. The first-order valence-corrected chi connectivity index (χ1v) is 9.37. The first-order chi connectivity index (χ1) is 12.7. The van der Waals surface area contributed by atoms with Crippen molar-refractivity contribution < 1.29 is 19.1 Å². The van der Waals surface area contributed by atoms with Crippen molar-refractivity contribution in [2.24, 2.45) is 0 Å². The number of carbonyl (C=O) groups excluding carboxylic acids is 2. The Morgan fingerprint density at radius 3 is 2.65 bits per heavy atom. The average molecular weight is 374 g/mol. The molecule has 1 N–H and O–H groups in total. The van der Waals surface area contributed by atoms with Gasteiger partial charge in [-0.3, -0.25) is 9.59 Å². The molecule has 2 aromatic rings. The molecule has 1 aliphatic rings. The van der Waals surface area contributed by atoms with Gasteiger partial charge >= 0.3 is 5.97 Å². The van der Waals surface area contributed by atoms with E-state index in [-0.39, 0.29) is 24.8 Å². The second-order valence-electron chi connectivity index (χ2n) is 5.88. The van der Waals surface area contributed by atoms with E-state index in [9.17, 15) is 9.59 Å². The lowest BCUT2D eigenvalue weighted by Crippen LogP contribution is -2.35. The van der Waals surface area contributed by atoms with Crippen LogP contribution in [0.2, 0.25) is 0 Å². The third-order valence-corrected chi connectivity index (χ3v) is 5.36. The zero-order chi connectivity index (χ0) is 18.4. The zero-order valence-corrected chi connectivity index (χ0v) is 15.5. The molecule has 0 unspecified atom stereocenters. The SMILES string of the molecule is COC(=O)CCNC(=O)c1cc(-c2ccccc2)c(N2CCOCC2)s1. The number of benzene rings is 1. The molecule has 1 aromatic heterocycles. The summed E-state index contributed by atoms with van der Waals surface area (Å²) in [6.07, 6.45) is 0.162. The van der Waals surface area contributed by atoms with E-state index in [1.54, 1.807) is 0 Å². The Hall–Kier alpha value is -2.38. The third kappa shape index (κ3) is 4.42. The number of methoxy groups -OCH3 is 1. The number of rotatable bonds is 6. The van der Waals surface area contributed by atoms with Crippen LogP contribution in [0, 0.1) is 0 Å². The molecule has 26 heavy (non-hydrogen) atoms. The molecule has 0 radical (unpaired) electrons. The highest BCUT2D eigenvalue weighted by Gasteiger charge is 2.21. The van der Waals surface area contributed by atoms with Crippen molar-refractivity contribution in [3.63, 3.8) is 0 Å². The summed E-state index contributed by atoms with van der Waals surface area (Å²) in [5.41, 5.74) is 2.13. The lowest BCUT2D eigenvalue weighted by Gasteiger charge is -2.28. The summed E-state index contributed by atoms with van der Waals surface area (Å²) in [6, 6.07) is 12.0. The Morgan fingerprint density at radius 2 is 1.96 bits per heavy atom. The monoisotopic (exact) mass is 374 g/mol. The molecule has 1 saturated heterocycles. The van der Waals surface area contributed by atoms with Crippen molar-refractivity contribution in [1.29, 1.82) is 0 Å². The fourth-order valence-electron chi connectivity index (χ4n) is 2.79. The highest BCUT2D eigenvalue weighted by atomic mass is 32.1. The van der Waals surface area contributed by atoms with Crippen molar-refractivity contribution in [3.05, 3.63) is 41.3 Å². The first-order valence-electron chi connectivity index (χ1n) is 8.56. The predicted octanol–water partition coefficient (Wildman–Crippen LogP) is 2.54. The quantitative estimate of drug-likeness (QED) is 0.787. The van der Waals surface area contributed by atoms with E-state index in [1.165, 1.54) is 18.4 Å². The van der Waals surface area contributed by atoms with Gasteiger partial charge in [-0.1, -0.05) is 30.3 Å². The van der Waals surface area contributed by atoms with Crippen LogP contribution in [0.4, 0.5) is 5.00 Å². The van der Waals surface area contributed by atoms with Gasteiger partial charge in [-0.2, -0.15) is 0 Å². The summed E-state index contributed by atoms with van der Waals surface area (Å²) in [6.45, 7) is 3.25. The van der Waals surface area contributed by atoms with Gasteiger partial charge in [-0.15, -0.1) is 11.3 Å². The van der Waals surface area contributed by atoms with Gasteiger partial charge in [0.25, 0.3) is 5.91 Å². The number of amides is 1. The minimum atomic E-state index is -0.338. The molecular weight excluding hydrogens is 352 g/mol. The van der Waals surface area contributed by atoms with E-state index in [2.05, 4.69) is 15.0 Å². The van der Waals surface area contributed by atoms with E-state index in [1.807, 2.05) is 36.4 Å². The van der Waals surface area contributed by atoms with Crippen LogP contribution in [0.5, 0.6) is 0 Å². The van der Waals surface area contributed by atoms with Gasteiger partial charge < -0.3 is 19.7 Å². The van der Waals surface area contributed by atoms with Crippen LogP contribution in [0.25, 0.3) is 11.1 Å². The average Bonchev–Trinajstić information content (AvgIpc) is 3.14. The summed E-state index contributed by atoms with van der Waals surface area (Å²) in [7, 11) is 1.34. The van der Waals surface area contributed by atoms with E-state index in [0.29, 0.717) is 18.1 Å². The summed E-state index contributed by atoms with van der Waals surface area (Å²) in [5.74, 6) is -0.508. The zero-order valence-electron chi connectivity index (χ0n) is 14.7. The Morgan fingerprint density at radius 1 is 1.23 bits per heavy atom. The largest absolute Gasteiger partial charge is 0.469 e. The molecular formula is C19H22N2O4S. The second kappa shape index (κ2) is 8.82. The molecule has 0 bridgehead atoms. The van der Waals surface area contributed by atoms with Crippen LogP contribution in [0.3, 0.4) is 0 Å². The maximum Gasteiger partial charge on any atom is 0.307 e. The molecule has 0 saturated carbocycles. The van der Waals surface area contributed by atoms with Crippen LogP contribution in [-0.4, -0.2) is 51.8 Å². The number of thiophene rings is 1. The number of esters is 1. The van der Waals surface area contributed by atoms with Gasteiger partial charge in [-0.05, 0) is 11.6 Å². The molecule has 0 spiro atoms. The molecule has 7 heteroatoms. The molecule has 6 nitrogen and oxygen atoms in total. The molecule has 2 heterocycles. The Bertz CT molecular complexity index is 754. The fourth-order valence-corrected chi connectivity index (χ4v) is 3.93. The third-order valence-electron chi connectivity index (χ3n) is 4.16. The number of anilines is 1. The van der Waals surface area contributed by atoms with Crippen LogP contribution in [0.15, 0.2) is 36.4 Å². The van der Waals surface area contributed by atoms with Crippen molar-refractivity contribution in [2.75, 3.05) is 44.9 Å². The van der Waals surface area contributed by atoms with Gasteiger partial charge in [0, 0.05) is 25.2 Å². The topological polar surface area (TPSA) is 67.9 Å². The molecule has 0 aliphatic carbocycles. The predicted molar refractivity (Wildman–Crippen MR) is 102 cm³/mol. The lowest BCUT2D eigenvalue weighted by molar-refractivity contribution is -0.140. The maximum atomic E-state index is 12.5. The minimum Gasteiger partial charge on any atom is -0.469 e. The number of nitrogens with one attached hydrogen (secondary N) is 1. The number of hydrogen-bond acceptors (Lipinski definition) is 6. The Kier molecular flexibility index (Phi) is 6.25. The van der Waals surface area contributed by atoms with Crippen LogP contribution in [0.1, 0.15) is 16.1 Å². The van der Waals surface area contributed by atoms with Crippen molar-refractivity contribution in [1.82, 2.24) is 5.32 Å². The van der Waals surface area contributed by atoms with Crippen molar-refractivity contribution >= 4 is 28.2 Å². The van der Waals surface area contributed by atoms with E-state index in [4.69, 9.17) is 4.74 Å². The molecule has 1 aliphatic heterocycles.